The number of likely N-dealkylation sites (N-methyl/N-ethyl adjacent to an activating group) is 1. The van der Waals surface area contributed by atoms with Crippen LogP contribution in [0.2, 0.25) is 0 Å². The van der Waals surface area contributed by atoms with E-state index in [0.29, 0.717) is 17.8 Å². The van der Waals surface area contributed by atoms with Crippen LogP contribution in [0.15, 0.2) is 48.5 Å². The lowest BCUT2D eigenvalue weighted by molar-refractivity contribution is -0.121. The summed E-state index contributed by atoms with van der Waals surface area (Å²) < 4.78 is 18.2. The minimum Gasteiger partial charge on any atom is -0.444 e. The Labute approximate surface area is 181 Å². The predicted octanol–water partition coefficient (Wildman–Crippen LogP) is 3.95. The summed E-state index contributed by atoms with van der Waals surface area (Å²) >= 11 is 0. The van der Waals surface area contributed by atoms with E-state index in [9.17, 15) is 18.8 Å². The average molecular weight is 429 g/mol. The molecule has 7 nitrogen and oxygen atoms in total. The molecule has 0 unspecified atom stereocenters. The molecule has 2 rings (SSSR count). The fraction of sp³-hybridized carbons (Fsp3) is 0.348. The summed E-state index contributed by atoms with van der Waals surface area (Å²) in [6.07, 6.45) is -0.621. The number of halogens is 1. The zero-order valence-electron chi connectivity index (χ0n) is 18.2. The van der Waals surface area contributed by atoms with Gasteiger partial charge in [-0.05, 0) is 63.6 Å². The number of amides is 3. The number of ether oxygens (including phenoxy) is 1. The molecule has 0 saturated carbocycles. The standard InChI is InChI=1S/C23H28FN3O4/c1-5-27(15-20(28)25-14-16-9-11-18(24)12-10-16)21(29)17-7-6-8-19(13-17)26-22(30)31-23(2,3)4/h6-13H,5,14-15H2,1-4H3,(H,25,28)(H,26,30). The lowest BCUT2D eigenvalue weighted by atomic mass is 10.1. The summed E-state index contributed by atoms with van der Waals surface area (Å²) in [5, 5.41) is 5.32. The number of nitrogens with one attached hydrogen (secondary N) is 2. The van der Waals surface area contributed by atoms with E-state index in [1.54, 1.807) is 58.0 Å². The topological polar surface area (TPSA) is 87.7 Å². The number of carbonyl (C=O) groups is 3. The molecule has 3 amide bonds. The van der Waals surface area contributed by atoms with Gasteiger partial charge in [0.15, 0.2) is 0 Å². The van der Waals surface area contributed by atoms with Crippen LogP contribution in [0.1, 0.15) is 43.6 Å². The SMILES string of the molecule is CCN(CC(=O)NCc1ccc(F)cc1)C(=O)c1cccc(NC(=O)OC(C)(C)C)c1. The van der Waals surface area contributed by atoms with Gasteiger partial charge in [0.2, 0.25) is 5.91 Å². The smallest absolute Gasteiger partial charge is 0.412 e. The second-order valence-corrected chi connectivity index (χ2v) is 7.93. The number of anilines is 1. The maximum atomic E-state index is 13.0. The lowest BCUT2D eigenvalue weighted by Crippen LogP contribution is -2.40. The molecule has 31 heavy (non-hydrogen) atoms. The van der Waals surface area contributed by atoms with Crippen LogP contribution in [0, 0.1) is 5.82 Å². The van der Waals surface area contributed by atoms with Gasteiger partial charge < -0.3 is 15.0 Å². The van der Waals surface area contributed by atoms with Crippen LogP contribution in [0.25, 0.3) is 0 Å². The van der Waals surface area contributed by atoms with E-state index < -0.39 is 11.7 Å². The number of carbonyl (C=O) groups excluding carboxylic acids is 3. The molecule has 0 saturated heterocycles. The molecule has 0 aliphatic heterocycles. The van der Waals surface area contributed by atoms with Crippen molar-refractivity contribution in [2.24, 2.45) is 0 Å². The van der Waals surface area contributed by atoms with Gasteiger partial charge in [-0.3, -0.25) is 14.9 Å². The largest absolute Gasteiger partial charge is 0.444 e. The Kier molecular flexibility index (Phi) is 8.13. The van der Waals surface area contributed by atoms with E-state index in [0.717, 1.165) is 5.56 Å². The van der Waals surface area contributed by atoms with Crippen molar-refractivity contribution >= 4 is 23.6 Å². The average Bonchev–Trinajstić information content (AvgIpc) is 2.69. The molecule has 0 atom stereocenters. The van der Waals surface area contributed by atoms with E-state index in [-0.39, 0.29) is 30.7 Å². The monoisotopic (exact) mass is 429 g/mol. The van der Waals surface area contributed by atoms with Crippen molar-refractivity contribution in [3.63, 3.8) is 0 Å². The van der Waals surface area contributed by atoms with Crippen LogP contribution in [-0.4, -0.2) is 41.5 Å². The van der Waals surface area contributed by atoms with E-state index in [1.807, 2.05) is 0 Å². The highest BCUT2D eigenvalue weighted by Crippen LogP contribution is 2.15. The predicted molar refractivity (Wildman–Crippen MR) is 116 cm³/mol. The third kappa shape index (κ3) is 8.08. The van der Waals surface area contributed by atoms with Crippen LogP contribution in [-0.2, 0) is 16.1 Å². The number of rotatable bonds is 7. The maximum Gasteiger partial charge on any atom is 0.412 e. The molecule has 0 bridgehead atoms. The van der Waals surface area contributed by atoms with Crippen LogP contribution in [0.4, 0.5) is 14.9 Å². The third-order valence-corrected chi connectivity index (χ3v) is 4.16. The van der Waals surface area contributed by atoms with E-state index >= 15 is 0 Å². The van der Waals surface area contributed by atoms with Crippen molar-refractivity contribution < 1.29 is 23.5 Å². The minimum atomic E-state index is -0.641. The normalized spacial score (nSPS) is 10.9. The first-order valence-electron chi connectivity index (χ1n) is 9.98. The Balaban J connectivity index is 1.97. The molecule has 166 valence electrons. The quantitative estimate of drug-likeness (QED) is 0.698. The third-order valence-electron chi connectivity index (χ3n) is 4.16. The molecule has 0 aliphatic carbocycles. The van der Waals surface area contributed by atoms with E-state index in [2.05, 4.69) is 10.6 Å². The molecule has 0 aliphatic rings. The van der Waals surface area contributed by atoms with Crippen LogP contribution in [0.3, 0.4) is 0 Å². The minimum absolute atomic E-state index is 0.125. The second kappa shape index (κ2) is 10.6. The van der Waals surface area contributed by atoms with Crippen LogP contribution < -0.4 is 10.6 Å². The molecular weight excluding hydrogens is 401 g/mol. The Morgan fingerprint density at radius 2 is 1.74 bits per heavy atom. The highest BCUT2D eigenvalue weighted by atomic mass is 19.1. The fourth-order valence-corrected chi connectivity index (χ4v) is 2.69. The van der Waals surface area contributed by atoms with Gasteiger partial charge in [-0.2, -0.15) is 0 Å². The van der Waals surface area contributed by atoms with Gasteiger partial charge in [-0.1, -0.05) is 18.2 Å². The summed E-state index contributed by atoms with van der Waals surface area (Å²) in [6.45, 7) is 7.48. The number of hydrogen-bond donors (Lipinski definition) is 2. The van der Waals surface area contributed by atoms with Crippen molar-refractivity contribution in [2.45, 2.75) is 39.8 Å². The van der Waals surface area contributed by atoms with E-state index in [1.165, 1.54) is 23.1 Å². The van der Waals surface area contributed by atoms with Gasteiger partial charge in [0.25, 0.3) is 5.91 Å². The Hall–Kier alpha value is -3.42. The number of hydrogen-bond acceptors (Lipinski definition) is 4. The first-order chi connectivity index (χ1) is 14.6. The second-order valence-electron chi connectivity index (χ2n) is 7.93. The summed E-state index contributed by atoms with van der Waals surface area (Å²) in [4.78, 5) is 38.5. The molecular formula is C23H28FN3O4. The molecule has 2 aromatic carbocycles. The van der Waals surface area contributed by atoms with Gasteiger partial charge >= 0.3 is 6.09 Å². The molecule has 8 heteroatoms. The molecule has 2 N–H and O–H groups in total. The van der Waals surface area contributed by atoms with Gasteiger partial charge in [-0.15, -0.1) is 0 Å². The van der Waals surface area contributed by atoms with Crippen molar-refractivity contribution in [3.05, 3.63) is 65.5 Å². The molecule has 0 spiro atoms. The first-order valence-corrected chi connectivity index (χ1v) is 9.98. The molecule has 2 aromatic rings. The summed E-state index contributed by atoms with van der Waals surface area (Å²) in [5.41, 5.74) is 0.862. The number of nitrogens with zero attached hydrogens (tertiary/aromatic N) is 1. The van der Waals surface area contributed by atoms with Crippen molar-refractivity contribution in [1.29, 1.82) is 0 Å². The van der Waals surface area contributed by atoms with E-state index in [4.69, 9.17) is 4.74 Å². The first kappa shape index (κ1) is 23.9. The van der Waals surface area contributed by atoms with Crippen molar-refractivity contribution in [2.75, 3.05) is 18.4 Å². The van der Waals surface area contributed by atoms with Gasteiger partial charge in [-0.25, -0.2) is 9.18 Å². The van der Waals surface area contributed by atoms with Gasteiger partial charge in [0.05, 0.1) is 6.54 Å². The van der Waals surface area contributed by atoms with Crippen molar-refractivity contribution in [3.8, 4) is 0 Å². The Morgan fingerprint density at radius 3 is 2.35 bits per heavy atom. The number of benzene rings is 2. The Morgan fingerprint density at radius 1 is 1.06 bits per heavy atom. The fourth-order valence-electron chi connectivity index (χ4n) is 2.69. The Bertz CT molecular complexity index is 923. The lowest BCUT2D eigenvalue weighted by Gasteiger charge is -2.21. The highest BCUT2D eigenvalue weighted by molar-refractivity contribution is 5.98. The zero-order valence-corrected chi connectivity index (χ0v) is 18.2. The molecule has 0 fully saturated rings. The maximum absolute atomic E-state index is 13.0. The highest BCUT2D eigenvalue weighted by Gasteiger charge is 2.19. The summed E-state index contributed by atoms with van der Waals surface area (Å²) in [6, 6.07) is 12.2. The zero-order chi connectivity index (χ0) is 23.0. The van der Waals surface area contributed by atoms with Crippen molar-refractivity contribution in [1.82, 2.24) is 10.2 Å². The molecule has 0 radical (unpaired) electrons. The van der Waals surface area contributed by atoms with Crippen LogP contribution in [0.5, 0.6) is 0 Å². The summed E-state index contributed by atoms with van der Waals surface area (Å²) in [5.74, 6) is -1.02. The van der Waals surface area contributed by atoms with Crippen LogP contribution >= 0.6 is 0 Å². The van der Waals surface area contributed by atoms with Gasteiger partial charge in [0.1, 0.15) is 11.4 Å². The van der Waals surface area contributed by atoms with Gasteiger partial charge in [0, 0.05) is 24.3 Å². The summed E-state index contributed by atoms with van der Waals surface area (Å²) in [7, 11) is 0. The molecule has 0 aromatic heterocycles. The molecule has 0 heterocycles.